The molecule has 1 atom stereocenters. The predicted octanol–water partition coefficient (Wildman–Crippen LogP) is 2.58. The van der Waals surface area contributed by atoms with Gasteiger partial charge in [-0.2, -0.15) is 0 Å². The molecule has 0 amide bonds. The Morgan fingerprint density at radius 1 is 1.56 bits per heavy atom. The van der Waals surface area contributed by atoms with E-state index in [1.807, 2.05) is 6.20 Å². The molecule has 3 N–H and O–H groups in total. The molecule has 0 aliphatic carbocycles. The van der Waals surface area contributed by atoms with Crippen LogP contribution in [0.25, 0.3) is 10.6 Å². The van der Waals surface area contributed by atoms with E-state index in [2.05, 4.69) is 35.3 Å². The largest absolute Gasteiger partial charge is 0.341 e. The summed E-state index contributed by atoms with van der Waals surface area (Å²) in [5.41, 5.74) is 8.02. The second-order valence-corrected chi connectivity index (χ2v) is 5.14. The number of nitrogens with zero attached hydrogens (tertiary/aromatic N) is 1. The van der Waals surface area contributed by atoms with Crippen LogP contribution in [0.15, 0.2) is 17.6 Å². The van der Waals surface area contributed by atoms with Gasteiger partial charge in [0.2, 0.25) is 0 Å². The van der Waals surface area contributed by atoms with Crippen molar-refractivity contribution in [3.63, 3.8) is 0 Å². The molecule has 0 aliphatic heterocycles. The Kier molecular flexibility index (Phi) is 3.41. The summed E-state index contributed by atoms with van der Waals surface area (Å²) in [4.78, 5) is 9.04. The number of nitrogens with one attached hydrogen (secondary N) is 1. The number of aromatic amines is 1. The lowest BCUT2D eigenvalue weighted by Gasteiger charge is -2.04. The minimum absolute atomic E-state index is 0.475. The van der Waals surface area contributed by atoms with Gasteiger partial charge in [0.15, 0.2) is 0 Å². The molecule has 4 heteroatoms. The number of hydrogen-bond donors (Lipinski definition) is 2. The van der Waals surface area contributed by atoms with E-state index < -0.39 is 0 Å². The maximum absolute atomic E-state index is 5.61. The molecule has 0 fully saturated rings. The highest BCUT2D eigenvalue weighted by molar-refractivity contribution is 7.13. The standard InChI is InChI=1S/C12H17N3S/c1-8(6-13)5-11-14-7-10(15-11)12-9(2)3-4-16-12/h3-4,7-8H,5-6,13H2,1-2H3,(H,14,15). The maximum Gasteiger partial charge on any atom is 0.106 e. The minimum Gasteiger partial charge on any atom is -0.341 e. The lowest BCUT2D eigenvalue weighted by atomic mass is 10.1. The molecule has 3 nitrogen and oxygen atoms in total. The van der Waals surface area contributed by atoms with Crippen LogP contribution in [0.4, 0.5) is 0 Å². The van der Waals surface area contributed by atoms with Crippen LogP contribution in [0, 0.1) is 12.8 Å². The predicted molar refractivity (Wildman–Crippen MR) is 68.6 cm³/mol. The van der Waals surface area contributed by atoms with Crippen LogP contribution in [0.2, 0.25) is 0 Å². The Morgan fingerprint density at radius 2 is 2.38 bits per heavy atom. The van der Waals surface area contributed by atoms with Gasteiger partial charge in [-0.1, -0.05) is 6.92 Å². The highest BCUT2D eigenvalue weighted by atomic mass is 32.1. The van der Waals surface area contributed by atoms with Gasteiger partial charge in [-0.15, -0.1) is 11.3 Å². The van der Waals surface area contributed by atoms with Crippen molar-refractivity contribution in [1.29, 1.82) is 0 Å². The molecule has 2 rings (SSSR count). The van der Waals surface area contributed by atoms with Crippen LogP contribution in [0.5, 0.6) is 0 Å². The van der Waals surface area contributed by atoms with Crippen LogP contribution in [-0.2, 0) is 6.42 Å². The normalized spacial score (nSPS) is 12.9. The first-order valence-electron chi connectivity index (χ1n) is 5.49. The number of aryl methyl sites for hydroxylation is 1. The molecular formula is C12H17N3S. The lowest BCUT2D eigenvalue weighted by molar-refractivity contribution is 0.577. The number of hydrogen-bond acceptors (Lipinski definition) is 3. The number of H-pyrrole nitrogens is 1. The minimum atomic E-state index is 0.475. The van der Waals surface area contributed by atoms with Crippen molar-refractivity contribution in [1.82, 2.24) is 9.97 Å². The Labute approximate surface area is 99.7 Å². The van der Waals surface area contributed by atoms with Gasteiger partial charge < -0.3 is 10.7 Å². The van der Waals surface area contributed by atoms with E-state index in [1.165, 1.54) is 10.4 Å². The maximum atomic E-state index is 5.61. The summed E-state index contributed by atoms with van der Waals surface area (Å²) in [6, 6.07) is 2.13. The highest BCUT2D eigenvalue weighted by Crippen LogP contribution is 2.27. The summed E-state index contributed by atoms with van der Waals surface area (Å²) < 4.78 is 0. The van der Waals surface area contributed by atoms with Gasteiger partial charge in [-0.25, -0.2) is 4.98 Å². The van der Waals surface area contributed by atoms with Crippen molar-refractivity contribution in [2.75, 3.05) is 6.54 Å². The van der Waals surface area contributed by atoms with Crippen molar-refractivity contribution < 1.29 is 0 Å². The van der Waals surface area contributed by atoms with Gasteiger partial charge in [0.1, 0.15) is 5.82 Å². The van der Waals surface area contributed by atoms with Crippen LogP contribution in [0.1, 0.15) is 18.3 Å². The third kappa shape index (κ3) is 2.33. The van der Waals surface area contributed by atoms with Crippen LogP contribution in [0.3, 0.4) is 0 Å². The molecule has 0 bridgehead atoms. The fourth-order valence-corrected chi connectivity index (χ4v) is 2.54. The van der Waals surface area contributed by atoms with Crippen LogP contribution >= 0.6 is 11.3 Å². The topological polar surface area (TPSA) is 54.7 Å². The SMILES string of the molecule is Cc1ccsc1-c1cnc(CC(C)CN)[nH]1. The number of thiophene rings is 1. The second-order valence-electron chi connectivity index (χ2n) is 4.22. The molecule has 1 unspecified atom stereocenters. The summed E-state index contributed by atoms with van der Waals surface area (Å²) in [5.74, 6) is 1.50. The molecule has 16 heavy (non-hydrogen) atoms. The first-order valence-corrected chi connectivity index (χ1v) is 6.37. The summed E-state index contributed by atoms with van der Waals surface area (Å²) in [6.07, 6.45) is 2.83. The van der Waals surface area contributed by atoms with Gasteiger partial charge in [-0.3, -0.25) is 0 Å². The Morgan fingerprint density at radius 3 is 3.00 bits per heavy atom. The van der Waals surface area contributed by atoms with Gasteiger partial charge in [0.05, 0.1) is 16.8 Å². The summed E-state index contributed by atoms with van der Waals surface area (Å²) in [6.45, 7) is 4.96. The number of imidazole rings is 1. The molecule has 2 heterocycles. The molecule has 0 radical (unpaired) electrons. The van der Waals surface area contributed by atoms with E-state index in [-0.39, 0.29) is 0 Å². The Bertz CT molecular complexity index is 458. The zero-order valence-corrected chi connectivity index (χ0v) is 10.5. The molecular weight excluding hydrogens is 218 g/mol. The first-order chi connectivity index (χ1) is 7.70. The Hall–Kier alpha value is -1.13. The van der Waals surface area contributed by atoms with E-state index in [4.69, 9.17) is 5.73 Å². The van der Waals surface area contributed by atoms with Crippen molar-refractivity contribution in [3.05, 3.63) is 29.0 Å². The Balaban J connectivity index is 2.17. The molecule has 0 aliphatic rings. The van der Waals surface area contributed by atoms with Crippen molar-refractivity contribution >= 4 is 11.3 Å². The zero-order chi connectivity index (χ0) is 11.5. The third-order valence-corrected chi connectivity index (χ3v) is 3.73. The van der Waals surface area contributed by atoms with Gasteiger partial charge >= 0.3 is 0 Å². The monoisotopic (exact) mass is 235 g/mol. The first kappa shape index (κ1) is 11.4. The third-order valence-electron chi connectivity index (χ3n) is 2.68. The lowest BCUT2D eigenvalue weighted by Crippen LogP contribution is -2.13. The molecule has 2 aromatic heterocycles. The van der Waals surface area contributed by atoms with E-state index >= 15 is 0 Å². The fraction of sp³-hybridized carbons (Fsp3) is 0.417. The summed E-state index contributed by atoms with van der Waals surface area (Å²) in [7, 11) is 0. The van der Waals surface area contributed by atoms with Crippen molar-refractivity contribution in [2.24, 2.45) is 11.7 Å². The van der Waals surface area contributed by atoms with E-state index in [0.717, 1.165) is 17.9 Å². The quantitative estimate of drug-likeness (QED) is 0.855. The fourth-order valence-electron chi connectivity index (χ4n) is 1.64. The number of nitrogens with two attached hydrogens (primary N) is 1. The average Bonchev–Trinajstić information content (AvgIpc) is 2.86. The highest BCUT2D eigenvalue weighted by Gasteiger charge is 2.09. The summed E-state index contributed by atoms with van der Waals surface area (Å²) in [5, 5.41) is 2.10. The number of aromatic nitrogens is 2. The van der Waals surface area contributed by atoms with Crippen LogP contribution in [-0.4, -0.2) is 16.5 Å². The van der Waals surface area contributed by atoms with Crippen LogP contribution < -0.4 is 5.73 Å². The van der Waals surface area contributed by atoms with E-state index in [0.29, 0.717) is 12.5 Å². The summed E-state index contributed by atoms with van der Waals surface area (Å²) >= 11 is 1.74. The molecule has 0 saturated carbocycles. The van der Waals surface area contributed by atoms with Crippen molar-refractivity contribution in [2.45, 2.75) is 20.3 Å². The molecule has 0 saturated heterocycles. The molecule has 2 aromatic rings. The second kappa shape index (κ2) is 4.80. The average molecular weight is 235 g/mol. The van der Waals surface area contributed by atoms with Gasteiger partial charge in [-0.05, 0) is 36.4 Å². The molecule has 86 valence electrons. The smallest absolute Gasteiger partial charge is 0.106 e. The molecule has 0 aromatic carbocycles. The number of rotatable bonds is 4. The molecule has 0 spiro atoms. The van der Waals surface area contributed by atoms with E-state index in [9.17, 15) is 0 Å². The van der Waals surface area contributed by atoms with E-state index in [1.54, 1.807) is 11.3 Å². The zero-order valence-electron chi connectivity index (χ0n) is 9.66. The van der Waals surface area contributed by atoms with Crippen molar-refractivity contribution in [3.8, 4) is 10.6 Å². The van der Waals surface area contributed by atoms with Gasteiger partial charge in [0, 0.05) is 6.42 Å². The van der Waals surface area contributed by atoms with Gasteiger partial charge in [0.25, 0.3) is 0 Å².